The van der Waals surface area contributed by atoms with Gasteiger partial charge in [0, 0.05) is 29.7 Å². The van der Waals surface area contributed by atoms with Crippen molar-refractivity contribution < 1.29 is 14.3 Å². The minimum atomic E-state index is -1.02. The Morgan fingerprint density at radius 1 is 1.11 bits per heavy atom. The van der Waals surface area contributed by atoms with E-state index in [1.165, 1.54) is 6.07 Å². The van der Waals surface area contributed by atoms with Gasteiger partial charge >= 0.3 is 5.97 Å². The lowest BCUT2D eigenvalue weighted by molar-refractivity contribution is 0.0698. The molecular formula is C27H22N4O4. The molecule has 8 heteroatoms. The third-order valence-electron chi connectivity index (χ3n) is 5.75. The fourth-order valence-corrected chi connectivity index (χ4v) is 4.07. The quantitative estimate of drug-likeness (QED) is 0.353. The number of fused-ring (bicyclic) bond motifs is 1. The molecule has 1 unspecified atom stereocenters. The van der Waals surface area contributed by atoms with E-state index < -0.39 is 5.97 Å². The largest absolute Gasteiger partial charge is 0.478 e. The molecule has 5 aromatic rings. The van der Waals surface area contributed by atoms with Crippen molar-refractivity contribution in [3.05, 3.63) is 106 Å². The van der Waals surface area contributed by atoms with E-state index in [0.29, 0.717) is 33.8 Å². The summed E-state index contributed by atoms with van der Waals surface area (Å²) in [6.07, 6.45) is 5.06. The number of nitrogens with zero attached hydrogens (tertiary/aromatic N) is 3. The van der Waals surface area contributed by atoms with Crippen molar-refractivity contribution >= 4 is 22.6 Å². The Bertz CT molecular complexity index is 1610. The van der Waals surface area contributed by atoms with Gasteiger partial charge in [-0.3, -0.25) is 4.79 Å². The van der Waals surface area contributed by atoms with Crippen LogP contribution in [0.4, 0.5) is 5.69 Å². The summed E-state index contributed by atoms with van der Waals surface area (Å²) in [5, 5.41) is 17.6. The average Bonchev–Trinajstić information content (AvgIpc) is 3.35. The Labute approximate surface area is 200 Å². The zero-order valence-electron chi connectivity index (χ0n) is 19.1. The van der Waals surface area contributed by atoms with Crippen molar-refractivity contribution in [1.82, 2.24) is 14.8 Å². The minimum absolute atomic E-state index is 0.167. The maximum Gasteiger partial charge on any atom is 0.337 e. The van der Waals surface area contributed by atoms with Crippen LogP contribution in [0.1, 0.15) is 34.5 Å². The van der Waals surface area contributed by atoms with Gasteiger partial charge in [-0.25, -0.2) is 14.5 Å². The van der Waals surface area contributed by atoms with Crippen LogP contribution < -0.4 is 10.7 Å². The van der Waals surface area contributed by atoms with Crippen LogP contribution in [-0.4, -0.2) is 25.8 Å². The van der Waals surface area contributed by atoms with Gasteiger partial charge in [-0.15, -0.1) is 0 Å². The predicted molar refractivity (Wildman–Crippen MR) is 133 cm³/mol. The molecule has 0 bridgehead atoms. The number of carboxylic acids is 1. The number of aromatic nitrogens is 3. The van der Waals surface area contributed by atoms with Crippen LogP contribution in [0, 0.1) is 6.92 Å². The molecule has 3 heterocycles. The Morgan fingerprint density at radius 3 is 2.69 bits per heavy atom. The van der Waals surface area contributed by atoms with E-state index in [4.69, 9.17) is 4.42 Å². The summed E-state index contributed by atoms with van der Waals surface area (Å²) < 4.78 is 7.88. The Hall–Kier alpha value is -4.72. The number of pyridine rings is 1. The van der Waals surface area contributed by atoms with E-state index in [9.17, 15) is 14.7 Å². The maximum atomic E-state index is 13.1. The minimum Gasteiger partial charge on any atom is -0.478 e. The van der Waals surface area contributed by atoms with Crippen LogP contribution >= 0.6 is 0 Å². The normalized spacial score (nSPS) is 11.9. The van der Waals surface area contributed by atoms with Gasteiger partial charge in [0.1, 0.15) is 11.3 Å². The number of hydrogen-bond acceptors (Lipinski definition) is 6. The number of aryl methyl sites for hydroxylation is 1. The van der Waals surface area contributed by atoms with Crippen molar-refractivity contribution in [3.8, 4) is 17.1 Å². The molecule has 0 saturated carbocycles. The molecule has 0 aliphatic rings. The zero-order chi connectivity index (χ0) is 24.5. The molecule has 2 aromatic carbocycles. The monoisotopic (exact) mass is 466 g/mol. The second-order valence-corrected chi connectivity index (χ2v) is 8.28. The molecule has 0 amide bonds. The molecular weight excluding hydrogens is 444 g/mol. The SMILES string of the molecule is Cc1cc(C(C)Nc2ccccc2C(=O)O)c2oc(-c3cnn(-c4ccccn4)c3)cc(=O)c2c1. The van der Waals surface area contributed by atoms with Gasteiger partial charge in [-0.1, -0.05) is 24.3 Å². The summed E-state index contributed by atoms with van der Waals surface area (Å²) in [6.45, 7) is 3.81. The second-order valence-electron chi connectivity index (χ2n) is 8.28. The number of rotatable bonds is 6. The van der Waals surface area contributed by atoms with Crippen LogP contribution in [0.15, 0.2) is 88.5 Å². The Balaban J connectivity index is 1.59. The summed E-state index contributed by atoms with van der Waals surface area (Å²) in [5.74, 6) is 0.00849. The van der Waals surface area contributed by atoms with Gasteiger partial charge < -0.3 is 14.8 Å². The predicted octanol–water partition coefficient (Wildman–Crippen LogP) is 5.22. The molecule has 1 atom stereocenters. The first kappa shape index (κ1) is 22.1. The van der Waals surface area contributed by atoms with E-state index in [1.54, 1.807) is 53.6 Å². The van der Waals surface area contributed by atoms with E-state index >= 15 is 0 Å². The van der Waals surface area contributed by atoms with Crippen molar-refractivity contribution in [2.75, 3.05) is 5.32 Å². The number of aromatic carboxylic acids is 1. The van der Waals surface area contributed by atoms with Crippen molar-refractivity contribution in [2.24, 2.45) is 0 Å². The van der Waals surface area contributed by atoms with Crippen LogP contribution in [-0.2, 0) is 0 Å². The van der Waals surface area contributed by atoms with Crippen molar-refractivity contribution in [3.63, 3.8) is 0 Å². The fraction of sp³-hybridized carbons (Fsp3) is 0.111. The van der Waals surface area contributed by atoms with Crippen molar-refractivity contribution in [1.29, 1.82) is 0 Å². The Morgan fingerprint density at radius 2 is 1.91 bits per heavy atom. The lowest BCUT2D eigenvalue weighted by atomic mass is 10.0. The van der Waals surface area contributed by atoms with Gasteiger partial charge in [-0.2, -0.15) is 5.10 Å². The third-order valence-corrected chi connectivity index (χ3v) is 5.75. The highest BCUT2D eigenvalue weighted by molar-refractivity contribution is 5.94. The molecule has 5 rings (SSSR count). The van der Waals surface area contributed by atoms with E-state index in [0.717, 1.165) is 11.1 Å². The molecule has 3 aromatic heterocycles. The molecule has 0 radical (unpaired) electrons. The molecule has 8 nitrogen and oxygen atoms in total. The number of para-hydroxylation sites is 1. The summed E-state index contributed by atoms with van der Waals surface area (Å²) in [4.78, 5) is 29.0. The summed E-state index contributed by atoms with van der Waals surface area (Å²) >= 11 is 0. The number of hydrogen-bond donors (Lipinski definition) is 2. The number of anilines is 1. The number of benzene rings is 2. The van der Waals surface area contributed by atoms with E-state index in [-0.39, 0.29) is 17.0 Å². The highest BCUT2D eigenvalue weighted by atomic mass is 16.4. The van der Waals surface area contributed by atoms with Gasteiger partial charge in [-0.05, 0) is 49.7 Å². The first-order chi connectivity index (χ1) is 16.9. The van der Waals surface area contributed by atoms with E-state index in [2.05, 4.69) is 15.4 Å². The fourth-order valence-electron chi connectivity index (χ4n) is 4.07. The van der Waals surface area contributed by atoms with Gasteiger partial charge in [0.25, 0.3) is 0 Å². The molecule has 0 aliphatic heterocycles. The van der Waals surface area contributed by atoms with Crippen molar-refractivity contribution in [2.45, 2.75) is 19.9 Å². The molecule has 35 heavy (non-hydrogen) atoms. The first-order valence-electron chi connectivity index (χ1n) is 11.0. The third kappa shape index (κ3) is 4.29. The Kier molecular flexibility index (Phi) is 5.62. The highest BCUT2D eigenvalue weighted by Gasteiger charge is 2.19. The molecule has 0 fully saturated rings. The first-order valence-corrected chi connectivity index (χ1v) is 11.0. The van der Waals surface area contributed by atoms with Gasteiger partial charge in [0.15, 0.2) is 11.2 Å². The second kappa shape index (κ2) is 8.90. The molecule has 0 aliphatic carbocycles. The number of nitrogens with one attached hydrogen (secondary N) is 1. The number of carboxylic acid groups (broad SMARTS) is 1. The lowest BCUT2D eigenvalue weighted by Gasteiger charge is -2.19. The lowest BCUT2D eigenvalue weighted by Crippen LogP contribution is -2.12. The molecule has 174 valence electrons. The highest BCUT2D eigenvalue weighted by Crippen LogP contribution is 2.31. The maximum absolute atomic E-state index is 13.1. The molecule has 0 spiro atoms. The number of carbonyl (C=O) groups is 1. The van der Waals surface area contributed by atoms with Gasteiger partial charge in [0.05, 0.1) is 28.8 Å². The topological polar surface area (TPSA) is 110 Å². The molecule has 2 N–H and O–H groups in total. The summed E-state index contributed by atoms with van der Waals surface area (Å²) in [7, 11) is 0. The summed E-state index contributed by atoms with van der Waals surface area (Å²) in [6, 6.07) is 17.1. The standard InChI is InChI=1S/C27H22N4O4/c1-16-11-20(17(2)30-22-8-4-3-7-19(22)27(33)34)26-21(12-16)23(32)13-24(35-26)18-14-29-31(15-18)25-9-5-6-10-28-25/h3-15,17,30H,1-2H3,(H,33,34). The molecule has 0 saturated heterocycles. The average molecular weight is 466 g/mol. The van der Waals surface area contributed by atoms with Crippen LogP contribution in [0.5, 0.6) is 0 Å². The van der Waals surface area contributed by atoms with Gasteiger partial charge in [0.2, 0.25) is 0 Å². The van der Waals surface area contributed by atoms with Crippen LogP contribution in [0.25, 0.3) is 28.1 Å². The zero-order valence-corrected chi connectivity index (χ0v) is 19.1. The van der Waals surface area contributed by atoms with E-state index in [1.807, 2.05) is 38.1 Å². The summed E-state index contributed by atoms with van der Waals surface area (Å²) in [5.41, 5.74) is 3.20. The van der Waals surface area contributed by atoms with Crippen LogP contribution in [0.2, 0.25) is 0 Å². The van der Waals surface area contributed by atoms with Crippen LogP contribution in [0.3, 0.4) is 0 Å². The smallest absolute Gasteiger partial charge is 0.337 e.